The predicted octanol–water partition coefficient (Wildman–Crippen LogP) is 3.84. The molecule has 0 radical (unpaired) electrons. The molecule has 9 atom stereocenters. The van der Waals surface area contributed by atoms with Gasteiger partial charge in [0.15, 0.2) is 5.13 Å². The van der Waals surface area contributed by atoms with Crippen molar-refractivity contribution in [1.29, 1.82) is 0 Å². The Hall–Kier alpha value is -1.28. The molecular weight excluding hydrogens is 472 g/mol. The lowest BCUT2D eigenvalue weighted by molar-refractivity contribution is -0.440. The Morgan fingerprint density at radius 2 is 1.89 bits per heavy atom. The van der Waals surface area contributed by atoms with Crippen molar-refractivity contribution in [3.05, 3.63) is 22.2 Å². The molecule has 1 aromatic rings. The Morgan fingerprint density at radius 1 is 1.17 bits per heavy atom. The summed E-state index contributed by atoms with van der Waals surface area (Å²) in [6, 6.07) is 0. The van der Waals surface area contributed by atoms with Gasteiger partial charge >= 0.3 is 0 Å². The number of ketones is 1. The van der Waals surface area contributed by atoms with E-state index in [0.717, 1.165) is 36.8 Å². The number of anilines is 1. The molecule has 4 heterocycles. The maximum atomic E-state index is 14.0. The van der Waals surface area contributed by atoms with Crippen molar-refractivity contribution in [2.24, 2.45) is 40.4 Å². The Bertz CT molecular complexity index is 1200. The number of aromatic nitrogens is 1. The first kappa shape index (κ1) is 22.7. The van der Waals surface area contributed by atoms with Crippen LogP contribution in [-0.2, 0) is 21.4 Å². The van der Waals surface area contributed by atoms with E-state index < -0.39 is 22.7 Å². The maximum Gasteiger partial charge on any atom is 0.206 e. The molecule has 6 nitrogen and oxygen atoms in total. The second-order valence-electron chi connectivity index (χ2n) is 13.7. The van der Waals surface area contributed by atoms with Crippen molar-refractivity contribution in [3.63, 3.8) is 0 Å². The first-order valence-corrected chi connectivity index (χ1v) is 15.0. The summed E-state index contributed by atoms with van der Waals surface area (Å²) < 4.78 is 6.36. The molecule has 2 bridgehead atoms. The monoisotopic (exact) mass is 510 g/mol. The maximum absolute atomic E-state index is 14.0. The fourth-order valence-electron chi connectivity index (χ4n) is 10.6. The average Bonchev–Trinajstić information content (AvgIpc) is 3.21. The Kier molecular flexibility index (Phi) is 4.30. The SMILES string of the molecule is CC1C2=CCC3C45COC(O)(C(O)C4C(C)(C)Cc4sc(N6CCCCCCC6)nc45)C34C(=O)C1C24. The van der Waals surface area contributed by atoms with Crippen LogP contribution < -0.4 is 4.90 Å². The minimum absolute atomic E-state index is 0.0116. The summed E-state index contributed by atoms with van der Waals surface area (Å²) in [5.74, 6) is -1.73. The van der Waals surface area contributed by atoms with Crippen LogP contribution in [0.15, 0.2) is 11.6 Å². The molecule has 9 unspecified atom stereocenters. The molecular formula is C29H38N2O4S. The minimum Gasteiger partial charge on any atom is -0.387 e. The van der Waals surface area contributed by atoms with Gasteiger partial charge < -0.3 is 19.8 Å². The summed E-state index contributed by atoms with van der Waals surface area (Å²) in [5.41, 5.74) is 0.543. The van der Waals surface area contributed by atoms with Gasteiger partial charge in [0.2, 0.25) is 5.79 Å². The van der Waals surface area contributed by atoms with E-state index in [4.69, 9.17) is 9.72 Å². The third-order valence-electron chi connectivity index (χ3n) is 11.9. The van der Waals surface area contributed by atoms with Crippen molar-refractivity contribution in [2.75, 3.05) is 24.6 Å². The zero-order valence-electron chi connectivity index (χ0n) is 21.6. The summed E-state index contributed by atoms with van der Waals surface area (Å²) in [5, 5.41) is 25.3. The van der Waals surface area contributed by atoms with E-state index in [-0.39, 0.29) is 40.8 Å². The van der Waals surface area contributed by atoms with Crippen LogP contribution in [0.5, 0.6) is 0 Å². The normalized spacial score (nSPS) is 49.9. The molecule has 6 fully saturated rings. The Labute approximate surface area is 217 Å². The molecule has 1 aromatic heterocycles. The highest BCUT2D eigenvalue weighted by molar-refractivity contribution is 7.15. The van der Waals surface area contributed by atoms with Gasteiger partial charge in [-0.05, 0) is 42.9 Å². The summed E-state index contributed by atoms with van der Waals surface area (Å²) >= 11 is 1.83. The second kappa shape index (κ2) is 6.83. The molecule has 3 saturated carbocycles. The zero-order valence-corrected chi connectivity index (χ0v) is 22.4. The molecule has 2 N–H and O–H groups in total. The molecule has 3 aliphatic heterocycles. The van der Waals surface area contributed by atoms with Crippen LogP contribution in [0, 0.1) is 40.4 Å². The van der Waals surface area contributed by atoms with Crippen LogP contribution >= 0.6 is 11.3 Å². The van der Waals surface area contributed by atoms with Crippen LogP contribution in [0.4, 0.5) is 5.13 Å². The highest BCUT2D eigenvalue weighted by Crippen LogP contribution is 2.82. The number of allylic oxidation sites excluding steroid dienone is 2. The van der Waals surface area contributed by atoms with Gasteiger partial charge in [-0.3, -0.25) is 4.79 Å². The van der Waals surface area contributed by atoms with Crippen LogP contribution in [0.3, 0.4) is 0 Å². The number of aliphatic hydroxyl groups is 2. The molecule has 2 spiro atoms. The van der Waals surface area contributed by atoms with Crippen LogP contribution in [0.25, 0.3) is 0 Å². The Morgan fingerprint density at radius 3 is 2.64 bits per heavy atom. The third-order valence-corrected chi connectivity index (χ3v) is 13.0. The van der Waals surface area contributed by atoms with E-state index >= 15 is 0 Å². The van der Waals surface area contributed by atoms with Gasteiger partial charge in [-0.25, -0.2) is 4.98 Å². The zero-order chi connectivity index (χ0) is 24.8. The van der Waals surface area contributed by atoms with Gasteiger partial charge in [-0.15, -0.1) is 11.3 Å². The Balaban J connectivity index is 1.32. The number of ether oxygens (including phenoxy) is 1. The van der Waals surface area contributed by atoms with Crippen molar-refractivity contribution >= 4 is 22.3 Å². The molecule has 8 aliphatic rings. The number of rotatable bonds is 1. The van der Waals surface area contributed by atoms with Gasteiger partial charge in [-0.2, -0.15) is 0 Å². The number of aliphatic hydroxyl groups excluding tert-OH is 1. The number of carbonyl (C=O) groups is 1. The van der Waals surface area contributed by atoms with Gasteiger partial charge in [-0.1, -0.05) is 51.7 Å². The van der Waals surface area contributed by atoms with Gasteiger partial charge in [0.25, 0.3) is 0 Å². The number of nitrogens with zero attached hydrogens (tertiary/aromatic N) is 2. The second-order valence-corrected chi connectivity index (χ2v) is 14.7. The van der Waals surface area contributed by atoms with E-state index in [0.29, 0.717) is 6.61 Å². The van der Waals surface area contributed by atoms with Gasteiger partial charge in [0.05, 0.1) is 17.7 Å². The summed E-state index contributed by atoms with van der Waals surface area (Å²) in [6.07, 6.45) is 9.16. The fraction of sp³-hybridized carbons (Fsp3) is 0.793. The standard InChI is InChI=1S/C29H38N2O4S/c1-15-16-9-10-18-27-14-35-29(34,28(18)20(16)19(15)23(28)32)24(33)21(27)26(2,3)13-17-22(27)30-25(36-17)31-11-7-5-4-6-8-12-31/h9,15,18-21,24,33-34H,4-8,10-14H2,1-3H3. The smallest absolute Gasteiger partial charge is 0.206 e. The van der Waals surface area contributed by atoms with Crippen LogP contribution in [0.2, 0.25) is 0 Å². The van der Waals surface area contributed by atoms with Crippen molar-refractivity contribution in [2.45, 2.75) is 83.0 Å². The highest BCUT2D eigenvalue weighted by atomic mass is 32.1. The number of fused-ring (bicyclic) bond motifs is 2. The summed E-state index contributed by atoms with van der Waals surface area (Å²) in [7, 11) is 0. The highest BCUT2D eigenvalue weighted by Gasteiger charge is 2.90. The lowest BCUT2D eigenvalue weighted by Crippen LogP contribution is -2.91. The molecule has 36 heavy (non-hydrogen) atoms. The molecule has 194 valence electrons. The van der Waals surface area contributed by atoms with Crippen LogP contribution in [-0.4, -0.2) is 52.6 Å². The van der Waals surface area contributed by atoms with E-state index in [1.165, 1.54) is 42.6 Å². The lowest BCUT2D eigenvalue weighted by atomic mass is 9.24. The lowest BCUT2D eigenvalue weighted by Gasteiger charge is -2.81. The van der Waals surface area contributed by atoms with Crippen molar-refractivity contribution in [3.8, 4) is 0 Å². The number of carbonyl (C=O) groups excluding carboxylic acids is 1. The van der Waals surface area contributed by atoms with Crippen molar-refractivity contribution < 1.29 is 19.7 Å². The predicted molar refractivity (Wildman–Crippen MR) is 137 cm³/mol. The number of Topliss-reactive ketones (excluding diaryl/α,β-unsaturated/α-hetero) is 1. The number of thiazole rings is 1. The largest absolute Gasteiger partial charge is 0.387 e. The van der Waals surface area contributed by atoms with E-state index in [1.807, 2.05) is 11.3 Å². The molecule has 3 saturated heterocycles. The topological polar surface area (TPSA) is 82.9 Å². The molecule has 7 heteroatoms. The minimum atomic E-state index is -1.81. The summed E-state index contributed by atoms with van der Waals surface area (Å²) in [4.78, 5) is 23.2. The molecule has 9 rings (SSSR count). The molecule has 5 aliphatic carbocycles. The van der Waals surface area contributed by atoms with Gasteiger partial charge in [0.1, 0.15) is 11.9 Å². The number of hydrogen-bond acceptors (Lipinski definition) is 7. The first-order valence-electron chi connectivity index (χ1n) is 14.2. The van der Waals surface area contributed by atoms with Crippen molar-refractivity contribution in [1.82, 2.24) is 4.98 Å². The molecule has 0 aromatic carbocycles. The third kappa shape index (κ3) is 2.19. The number of hydrogen-bond donors (Lipinski definition) is 2. The van der Waals surface area contributed by atoms with E-state index in [9.17, 15) is 15.0 Å². The first-order chi connectivity index (χ1) is 17.2. The quantitative estimate of drug-likeness (QED) is 0.559. The van der Waals surface area contributed by atoms with Crippen LogP contribution in [0.1, 0.15) is 69.9 Å². The molecule has 0 amide bonds. The van der Waals surface area contributed by atoms with E-state index in [2.05, 4.69) is 31.7 Å². The summed E-state index contributed by atoms with van der Waals surface area (Å²) in [6.45, 7) is 9.03. The van der Waals surface area contributed by atoms with Gasteiger partial charge in [0, 0.05) is 41.1 Å². The van der Waals surface area contributed by atoms with E-state index in [1.54, 1.807) is 0 Å². The average molecular weight is 511 g/mol. The fourth-order valence-corrected chi connectivity index (χ4v) is 12.0.